The lowest BCUT2D eigenvalue weighted by atomic mass is 9.88. The molecule has 5 rings (SSSR count). The number of fused-ring (bicyclic) bond motifs is 3. The van der Waals surface area contributed by atoms with Crippen molar-refractivity contribution in [3.63, 3.8) is 0 Å². The fraction of sp³-hybridized carbons (Fsp3) is 0.481. The molecule has 0 amide bonds. The Kier molecular flexibility index (Phi) is 6.89. The van der Waals surface area contributed by atoms with Crippen LogP contribution in [0.15, 0.2) is 40.8 Å². The Bertz CT molecular complexity index is 1270. The summed E-state index contributed by atoms with van der Waals surface area (Å²) in [7, 11) is -2.20. The first-order chi connectivity index (χ1) is 17.4. The van der Waals surface area contributed by atoms with E-state index in [4.69, 9.17) is 8.84 Å². The number of alkyl halides is 2. The van der Waals surface area contributed by atoms with Crippen LogP contribution < -0.4 is 10.6 Å². The molecule has 3 heterocycles. The van der Waals surface area contributed by atoms with E-state index in [0.29, 0.717) is 36.5 Å². The summed E-state index contributed by atoms with van der Waals surface area (Å²) in [5.41, 5.74) is 1.40. The van der Waals surface area contributed by atoms with Gasteiger partial charge in [-0.1, -0.05) is 18.2 Å². The van der Waals surface area contributed by atoms with Crippen molar-refractivity contribution in [2.45, 2.75) is 57.0 Å². The molecule has 0 saturated carbocycles. The fourth-order valence-electron chi connectivity index (χ4n) is 5.10. The van der Waals surface area contributed by atoms with Gasteiger partial charge in [-0.25, -0.2) is 17.6 Å². The van der Waals surface area contributed by atoms with E-state index in [-0.39, 0.29) is 11.6 Å². The van der Waals surface area contributed by atoms with Crippen molar-refractivity contribution in [2.24, 2.45) is 0 Å². The van der Waals surface area contributed by atoms with Gasteiger partial charge in [-0.05, 0) is 51.2 Å². The largest absolute Gasteiger partial charge is 0.459 e. The monoisotopic (exact) mass is 535 g/mol. The van der Waals surface area contributed by atoms with Crippen LogP contribution in [0, 0.1) is 11.6 Å². The standard InChI is InChI=1S/C27H33F4N3O2Si/c1-16-9-20-19-7-5-6-8-23(19)36-26(20)25(34(16)14-27(30,31)15-35-37(2,3)4)24-21(28)10-17(11-22(24)29)33-18-12-32-13-18/h5-8,10-11,16,18,25,32-33H,9,12-15H2,1-4H3/t16-,25?/m1/s1. The Morgan fingerprint density at radius 1 is 1.14 bits per heavy atom. The summed E-state index contributed by atoms with van der Waals surface area (Å²) < 4.78 is 73.5. The number of rotatable bonds is 8. The molecule has 2 aliphatic rings. The molecule has 37 heavy (non-hydrogen) atoms. The van der Waals surface area contributed by atoms with Gasteiger partial charge in [0.15, 0.2) is 8.32 Å². The predicted octanol–water partition coefficient (Wildman–Crippen LogP) is 5.92. The minimum atomic E-state index is -3.22. The maximum atomic E-state index is 15.7. The smallest absolute Gasteiger partial charge is 0.282 e. The van der Waals surface area contributed by atoms with Gasteiger partial charge in [-0.2, -0.15) is 0 Å². The highest BCUT2D eigenvalue weighted by Crippen LogP contribution is 2.45. The lowest BCUT2D eigenvalue weighted by Crippen LogP contribution is -2.51. The van der Waals surface area contributed by atoms with E-state index >= 15 is 17.6 Å². The quantitative estimate of drug-likeness (QED) is 0.277. The first-order valence-corrected chi connectivity index (χ1v) is 16.1. The number of furan rings is 1. The van der Waals surface area contributed by atoms with E-state index in [2.05, 4.69) is 10.6 Å². The molecule has 3 aromatic rings. The van der Waals surface area contributed by atoms with E-state index in [1.165, 1.54) is 17.0 Å². The number of nitrogens with one attached hydrogen (secondary N) is 2. The second-order valence-corrected chi connectivity index (χ2v) is 15.7. The van der Waals surface area contributed by atoms with E-state index in [0.717, 1.165) is 10.9 Å². The number of halogens is 4. The molecule has 2 aliphatic heterocycles. The van der Waals surface area contributed by atoms with Gasteiger partial charge in [-0.3, -0.25) is 4.90 Å². The topological polar surface area (TPSA) is 49.7 Å². The summed E-state index contributed by atoms with van der Waals surface area (Å²) in [5.74, 6) is -4.51. The number of para-hydroxylation sites is 1. The second-order valence-electron chi connectivity index (χ2n) is 11.2. The average molecular weight is 536 g/mol. The Hall–Kier alpha value is -2.40. The third-order valence-corrected chi connectivity index (χ3v) is 8.02. The zero-order chi connectivity index (χ0) is 26.5. The Balaban J connectivity index is 1.57. The van der Waals surface area contributed by atoms with Crippen LogP contribution in [0.3, 0.4) is 0 Å². The summed E-state index contributed by atoms with van der Waals surface area (Å²) in [6.07, 6.45) is 0.422. The van der Waals surface area contributed by atoms with Crippen molar-refractivity contribution in [1.82, 2.24) is 10.2 Å². The molecule has 1 aromatic heterocycles. The van der Waals surface area contributed by atoms with Crippen LogP contribution in [0.1, 0.15) is 29.9 Å². The lowest BCUT2D eigenvalue weighted by Gasteiger charge is -2.42. The van der Waals surface area contributed by atoms with E-state index in [9.17, 15) is 0 Å². The zero-order valence-electron chi connectivity index (χ0n) is 21.5. The molecule has 10 heteroatoms. The molecule has 0 spiro atoms. The molecule has 200 valence electrons. The fourth-order valence-corrected chi connectivity index (χ4v) is 5.75. The highest BCUT2D eigenvalue weighted by Gasteiger charge is 2.45. The molecule has 2 aromatic carbocycles. The Morgan fingerprint density at radius 2 is 1.81 bits per heavy atom. The van der Waals surface area contributed by atoms with E-state index < -0.39 is 51.1 Å². The maximum Gasteiger partial charge on any atom is 0.282 e. The molecule has 5 nitrogen and oxygen atoms in total. The number of hydrogen-bond acceptors (Lipinski definition) is 5. The summed E-state index contributed by atoms with van der Waals surface area (Å²) in [4.78, 5) is 1.46. The summed E-state index contributed by atoms with van der Waals surface area (Å²) in [6.45, 7) is 7.29. The predicted molar refractivity (Wildman–Crippen MR) is 139 cm³/mol. The SMILES string of the molecule is C[C@@H]1Cc2c(oc3ccccc23)C(c2c(F)cc(NC3CNC3)cc2F)N1CC(F)(F)CO[Si](C)(C)C. The van der Waals surface area contributed by atoms with Crippen LogP contribution in [0.2, 0.25) is 19.6 Å². The zero-order valence-corrected chi connectivity index (χ0v) is 22.5. The third-order valence-electron chi connectivity index (χ3n) is 7.01. The van der Waals surface area contributed by atoms with Crippen LogP contribution in [0.4, 0.5) is 23.2 Å². The van der Waals surface area contributed by atoms with Crippen molar-refractivity contribution in [2.75, 3.05) is 31.6 Å². The molecule has 2 atom stereocenters. The molecule has 0 radical (unpaired) electrons. The van der Waals surface area contributed by atoms with Gasteiger partial charge in [0.2, 0.25) is 0 Å². The van der Waals surface area contributed by atoms with Crippen LogP contribution in [-0.4, -0.2) is 57.5 Å². The van der Waals surface area contributed by atoms with Gasteiger partial charge in [-0.15, -0.1) is 0 Å². The van der Waals surface area contributed by atoms with Crippen LogP contribution in [0.25, 0.3) is 11.0 Å². The van der Waals surface area contributed by atoms with Crippen molar-refractivity contribution in [1.29, 1.82) is 0 Å². The molecule has 1 fully saturated rings. The Labute approximate surface area is 215 Å². The molecule has 1 unspecified atom stereocenters. The average Bonchev–Trinajstić information content (AvgIpc) is 3.14. The second kappa shape index (κ2) is 9.72. The van der Waals surface area contributed by atoms with Crippen molar-refractivity contribution < 1.29 is 26.4 Å². The molecular weight excluding hydrogens is 502 g/mol. The van der Waals surface area contributed by atoms with Gasteiger partial charge in [0.25, 0.3) is 5.92 Å². The van der Waals surface area contributed by atoms with Crippen LogP contribution in [-0.2, 0) is 10.8 Å². The number of anilines is 1. The van der Waals surface area contributed by atoms with Gasteiger partial charge >= 0.3 is 0 Å². The highest BCUT2D eigenvalue weighted by molar-refractivity contribution is 6.69. The van der Waals surface area contributed by atoms with Crippen molar-refractivity contribution >= 4 is 25.0 Å². The van der Waals surface area contributed by atoms with E-state index in [1.54, 1.807) is 6.07 Å². The minimum absolute atomic E-state index is 0.0860. The molecule has 2 N–H and O–H groups in total. The first-order valence-electron chi connectivity index (χ1n) is 12.7. The first kappa shape index (κ1) is 26.2. The van der Waals surface area contributed by atoms with Crippen molar-refractivity contribution in [3.05, 3.63) is 64.9 Å². The highest BCUT2D eigenvalue weighted by atomic mass is 28.4. The van der Waals surface area contributed by atoms with E-state index in [1.807, 2.05) is 44.8 Å². The maximum absolute atomic E-state index is 15.7. The molecular formula is C27H33F4N3O2Si. The third kappa shape index (κ3) is 5.43. The number of benzene rings is 2. The normalized spacial score (nSPS) is 21.2. The van der Waals surface area contributed by atoms with Crippen LogP contribution >= 0.6 is 0 Å². The van der Waals surface area contributed by atoms with Crippen molar-refractivity contribution in [3.8, 4) is 0 Å². The van der Waals surface area contributed by atoms with Crippen LogP contribution in [0.5, 0.6) is 0 Å². The number of nitrogens with zero attached hydrogens (tertiary/aromatic N) is 1. The molecule has 0 aliphatic carbocycles. The lowest BCUT2D eigenvalue weighted by molar-refractivity contribution is -0.0835. The van der Waals surface area contributed by atoms with Gasteiger partial charge in [0.1, 0.15) is 29.0 Å². The summed E-state index contributed by atoms with van der Waals surface area (Å²) in [6, 6.07) is 8.34. The Morgan fingerprint density at radius 3 is 2.43 bits per heavy atom. The number of hydrogen-bond donors (Lipinski definition) is 2. The minimum Gasteiger partial charge on any atom is -0.459 e. The molecule has 0 bridgehead atoms. The van der Waals surface area contributed by atoms with Gasteiger partial charge in [0, 0.05) is 41.3 Å². The summed E-state index contributed by atoms with van der Waals surface area (Å²) >= 11 is 0. The van der Waals surface area contributed by atoms with Gasteiger partial charge < -0.3 is 19.5 Å². The molecule has 1 saturated heterocycles. The van der Waals surface area contributed by atoms with Gasteiger partial charge in [0.05, 0.1) is 19.2 Å². The summed E-state index contributed by atoms with van der Waals surface area (Å²) in [5, 5.41) is 7.04.